The molecule has 1 unspecified atom stereocenters. The number of rotatable bonds is 11. The minimum absolute atomic E-state index is 0.0615. The predicted molar refractivity (Wildman–Crippen MR) is 153 cm³/mol. The standard InChI is InChI=1S/C30H35N3O4S/c1-7-19(2)31-29(34)24-17-26(25-18-38-30(32-25)22-9-11-23(35-4)12-10-22)33(20(24)3)15-14-21-8-13-27(36-5)28(16-21)37-6/h8-13,16-19H,7,14-15H2,1-6H3,(H,31,34). The van der Waals surface area contributed by atoms with Crippen molar-refractivity contribution in [3.05, 3.63) is 70.7 Å². The molecule has 4 rings (SSSR count). The van der Waals surface area contributed by atoms with Crippen LogP contribution >= 0.6 is 11.3 Å². The second kappa shape index (κ2) is 12.2. The zero-order valence-electron chi connectivity index (χ0n) is 22.8. The lowest BCUT2D eigenvalue weighted by molar-refractivity contribution is 0.0938. The van der Waals surface area contributed by atoms with Crippen LogP contribution in [0.2, 0.25) is 0 Å². The maximum atomic E-state index is 13.2. The van der Waals surface area contributed by atoms with Gasteiger partial charge in [0.05, 0.1) is 38.3 Å². The predicted octanol–water partition coefficient (Wildman–Crippen LogP) is 6.38. The molecule has 0 bridgehead atoms. The molecule has 38 heavy (non-hydrogen) atoms. The molecular formula is C30H35N3O4S. The average molecular weight is 534 g/mol. The number of hydrogen-bond acceptors (Lipinski definition) is 6. The summed E-state index contributed by atoms with van der Waals surface area (Å²) < 4.78 is 18.3. The van der Waals surface area contributed by atoms with E-state index in [-0.39, 0.29) is 11.9 Å². The van der Waals surface area contributed by atoms with E-state index >= 15 is 0 Å². The summed E-state index contributed by atoms with van der Waals surface area (Å²) in [7, 11) is 4.93. The van der Waals surface area contributed by atoms with Gasteiger partial charge in [-0.05, 0) is 74.7 Å². The van der Waals surface area contributed by atoms with Gasteiger partial charge in [0.15, 0.2) is 11.5 Å². The first-order chi connectivity index (χ1) is 18.4. The van der Waals surface area contributed by atoms with E-state index in [9.17, 15) is 4.79 Å². The molecule has 0 saturated carbocycles. The molecule has 7 nitrogen and oxygen atoms in total. The van der Waals surface area contributed by atoms with E-state index < -0.39 is 0 Å². The van der Waals surface area contributed by atoms with E-state index in [0.29, 0.717) is 23.6 Å². The summed E-state index contributed by atoms with van der Waals surface area (Å²) >= 11 is 1.58. The van der Waals surface area contributed by atoms with Gasteiger partial charge in [-0.15, -0.1) is 11.3 Å². The average Bonchev–Trinajstić information content (AvgIpc) is 3.56. The Morgan fingerprint density at radius 2 is 1.76 bits per heavy atom. The SMILES string of the molecule is CCC(C)NC(=O)c1cc(-c2csc(-c3ccc(OC)cc3)n2)n(CCc2ccc(OC)c(OC)c2)c1C. The zero-order chi connectivity index (χ0) is 27.2. The molecule has 2 aromatic carbocycles. The Balaban J connectivity index is 1.68. The van der Waals surface area contributed by atoms with E-state index in [2.05, 4.69) is 22.2 Å². The highest BCUT2D eigenvalue weighted by Crippen LogP contribution is 2.33. The second-order valence-corrected chi connectivity index (χ2v) is 10.0. The van der Waals surface area contributed by atoms with Crippen molar-refractivity contribution in [3.63, 3.8) is 0 Å². The molecule has 0 aliphatic rings. The quantitative estimate of drug-likeness (QED) is 0.242. The summed E-state index contributed by atoms with van der Waals surface area (Å²) in [4.78, 5) is 18.1. The molecule has 0 saturated heterocycles. The third-order valence-corrected chi connectivity index (χ3v) is 7.67. The Bertz CT molecular complexity index is 1390. The molecule has 0 aliphatic heterocycles. The number of nitrogens with zero attached hydrogens (tertiary/aromatic N) is 2. The molecule has 1 N–H and O–H groups in total. The number of aromatic nitrogens is 2. The molecular weight excluding hydrogens is 498 g/mol. The number of hydrogen-bond donors (Lipinski definition) is 1. The highest BCUT2D eigenvalue weighted by atomic mass is 32.1. The first-order valence-electron chi connectivity index (χ1n) is 12.7. The molecule has 0 fully saturated rings. The van der Waals surface area contributed by atoms with Crippen LogP contribution < -0.4 is 19.5 Å². The topological polar surface area (TPSA) is 74.6 Å². The van der Waals surface area contributed by atoms with Crippen LogP contribution in [0.5, 0.6) is 17.2 Å². The van der Waals surface area contributed by atoms with E-state index in [1.807, 2.05) is 62.4 Å². The van der Waals surface area contributed by atoms with Crippen LogP contribution in [-0.4, -0.2) is 42.8 Å². The molecule has 0 radical (unpaired) electrons. The molecule has 1 atom stereocenters. The van der Waals surface area contributed by atoms with Gasteiger partial charge in [0.25, 0.3) is 5.91 Å². The van der Waals surface area contributed by atoms with Gasteiger partial charge in [0.2, 0.25) is 0 Å². The monoisotopic (exact) mass is 533 g/mol. The van der Waals surface area contributed by atoms with Crippen molar-refractivity contribution in [2.24, 2.45) is 0 Å². The van der Waals surface area contributed by atoms with Crippen molar-refractivity contribution < 1.29 is 19.0 Å². The third-order valence-electron chi connectivity index (χ3n) is 6.78. The molecule has 4 aromatic rings. The number of methoxy groups -OCH3 is 3. The fourth-order valence-electron chi connectivity index (χ4n) is 4.31. The van der Waals surface area contributed by atoms with Crippen molar-refractivity contribution in [1.29, 1.82) is 0 Å². The van der Waals surface area contributed by atoms with E-state index in [4.69, 9.17) is 19.2 Å². The van der Waals surface area contributed by atoms with Gasteiger partial charge >= 0.3 is 0 Å². The Kier molecular flexibility index (Phi) is 8.73. The maximum absolute atomic E-state index is 13.2. The minimum atomic E-state index is -0.0615. The number of ether oxygens (including phenoxy) is 3. The smallest absolute Gasteiger partial charge is 0.253 e. The van der Waals surface area contributed by atoms with Gasteiger partial charge in [-0.1, -0.05) is 13.0 Å². The number of carbonyl (C=O) groups is 1. The molecule has 200 valence electrons. The van der Waals surface area contributed by atoms with Crippen molar-refractivity contribution in [1.82, 2.24) is 14.9 Å². The molecule has 2 heterocycles. The van der Waals surface area contributed by atoms with Gasteiger partial charge < -0.3 is 24.1 Å². The highest BCUT2D eigenvalue weighted by Gasteiger charge is 2.21. The number of aryl methyl sites for hydroxylation is 1. The Morgan fingerprint density at radius 3 is 2.42 bits per heavy atom. The van der Waals surface area contributed by atoms with E-state index in [0.717, 1.165) is 51.8 Å². The van der Waals surface area contributed by atoms with Gasteiger partial charge in [-0.25, -0.2) is 4.98 Å². The van der Waals surface area contributed by atoms with Crippen LogP contribution in [0.25, 0.3) is 22.0 Å². The largest absolute Gasteiger partial charge is 0.497 e. The van der Waals surface area contributed by atoms with Gasteiger partial charge in [-0.2, -0.15) is 0 Å². The van der Waals surface area contributed by atoms with E-state index in [1.54, 1.807) is 32.7 Å². The number of benzene rings is 2. The molecule has 0 aliphatic carbocycles. The van der Waals surface area contributed by atoms with Crippen LogP contribution in [0.15, 0.2) is 53.9 Å². The third kappa shape index (κ3) is 5.86. The van der Waals surface area contributed by atoms with Gasteiger partial charge in [0, 0.05) is 29.2 Å². The fraction of sp³-hybridized carbons (Fsp3) is 0.333. The Labute approximate surface area is 228 Å². The number of nitrogens with one attached hydrogen (secondary N) is 1. The summed E-state index contributed by atoms with van der Waals surface area (Å²) in [5, 5.41) is 6.08. The van der Waals surface area contributed by atoms with Gasteiger partial charge in [0.1, 0.15) is 10.8 Å². The minimum Gasteiger partial charge on any atom is -0.497 e. The van der Waals surface area contributed by atoms with Gasteiger partial charge in [-0.3, -0.25) is 4.79 Å². The number of thiazole rings is 1. The van der Waals surface area contributed by atoms with Crippen LogP contribution in [0.3, 0.4) is 0 Å². The van der Waals surface area contributed by atoms with Crippen LogP contribution in [0.4, 0.5) is 0 Å². The first kappa shape index (κ1) is 27.3. The zero-order valence-corrected chi connectivity index (χ0v) is 23.6. The van der Waals surface area contributed by atoms with Crippen LogP contribution in [0.1, 0.15) is 41.9 Å². The summed E-state index contributed by atoms with van der Waals surface area (Å²) in [5.41, 5.74) is 5.50. The van der Waals surface area contributed by atoms with Crippen molar-refractivity contribution >= 4 is 17.2 Å². The normalized spacial score (nSPS) is 11.7. The first-order valence-corrected chi connectivity index (χ1v) is 13.6. The van der Waals surface area contributed by atoms with Crippen molar-refractivity contribution in [2.75, 3.05) is 21.3 Å². The second-order valence-electron chi connectivity index (χ2n) is 9.17. The fourth-order valence-corrected chi connectivity index (χ4v) is 5.13. The Morgan fingerprint density at radius 1 is 1.03 bits per heavy atom. The number of amides is 1. The molecule has 1 amide bonds. The lowest BCUT2D eigenvalue weighted by atomic mass is 10.1. The Hall–Kier alpha value is -3.78. The maximum Gasteiger partial charge on any atom is 0.253 e. The highest BCUT2D eigenvalue weighted by molar-refractivity contribution is 7.13. The molecule has 8 heteroatoms. The molecule has 2 aromatic heterocycles. The summed E-state index contributed by atoms with van der Waals surface area (Å²) in [6.07, 6.45) is 1.62. The van der Waals surface area contributed by atoms with E-state index in [1.165, 1.54) is 0 Å². The van der Waals surface area contributed by atoms with Crippen molar-refractivity contribution in [3.8, 4) is 39.2 Å². The number of carbonyl (C=O) groups excluding carboxylic acids is 1. The summed E-state index contributed by atoms with van der Waals surface area (Å²) in [6, 6.07) is 15.9. The van der Waals surface area contributed by atoms with Crippen LogP contribution in [-0.2, 0) is 13.0 Å². The lowest BCUT2D eigenvalue weighted by Crippen LogP contribution is -2.32. The summed E-state index contributed by atoms with van der Waals surface area (Å²) in [5.74, 6) is 2.15. The molecule has 0 spiro atoms. The lowest BCUT2D eigenvalue weighted by Gasteiger charge is -2.14. The van der Waals surface area contributed by atoms with Crippen molar-refractivity contribution in [2.45, 2.75) is 46.2 Å². The summed E-state index contributed by atoms with van der Waals surface area (Å²) in [6.45, 7) is 6.76. The van der Waals surface area contributed by atoms with Crippen LogP contribution in [0, 0.1) is 6.92 Å².